The molecule has 2 aliphatic carbocycles. The smallest absolute Gasteiger partial charge is 0.226 e. The van der Waals surface area contributed by atoms with Gasteiger partial charge in [-0.1, -0.05) is 6.42 Å². The molecule has 1 aliphatic heterocycles. The third kappa shape index (κ3) is 4.23. The molecule has 1 aromatic rings. The molecular formula is C19H29N3O2S. The summed E-state index contributed by atoms with van der Waals surface area (Å²) in [5, 5.41) is 5.84. The summed E-state index contributed by atoms with van der Waals surface area (Å²) in [7, 11) is 0. The number of amides is 1. The second kappa shape index (κ2) is 7.33. The first kappa shape index (κ1) is 17.4. The summed E-state index contributed by atoms with van der Waals surface area (Å²) in [6.07, 6.45) is 6.54. The molecular weight excluding hydrogens is 334 g/mol. The molecule has 1 N–H and O–H groups in total. The van der Waals surface area contributed by atoms with Crippen molar-refractivity contribution in [2.45, 2.75) is 64.7 Å². The summed E-state index contributed by atoms with van der Waals surface area (Å²) in [4.78, 5) is 19.4. The van der Waals surface area contributed by atoms with Crippen LogP contribution in [-0.2, 0) is 16.1 Å². The Hall–Kier alpha value is -0.980. The molecule has 138 valence electrons. The molecule has 0 spiro atoms. The van der Waals surface area contributed by atoms with Crippen LogP contribution in [0.4, 0.5) is 5.13 Å². The molecule has 0 unspecified atom stereocenters. The predicted molar refractivity (Wildman–Crippen MR) is 99.6 cm³/mol. The summed E-state index contributed by atoms with van der Waals surface area (Å²) in [5.74, 6) is 2.45. The highest BCUT2D eigenvalue weighted by atomic mass is 32.1. The molecule has 5 atom stereocenters. The van der Waals surface area contributed by atoms with E-state index in [0.717, 1.165) is 42.3 Å². The normalized spacial score (nSPS) is 35.2. The number of fused-ring (bicyclic) bond motifs is 2. The van der Waals surface area contributed by atoms with E-state index in [0.29, 0.717) is 12.3 Å². The van der Waals surface area contributed by atoms with E-state index in [-0.39, 0.29) is 18.1 Å². The number of carbonyl (C=O) groups is 1. The highest BCUT2D eigenvalue weighted by Crippen LogP contribution is 2.49. The topological polar surface area (TPSA) is 54.5 Å². The van der Waals surface area contributed by atoms with Gasteiger partial charge in [0, 0.05) is 31.4 Å². The van der Waals surface area contributed by atoms with Crippen LogP contribution in [0, 0.1) is 17.8 Å². The summed E-state index contributed by atoms with van der Waals surface area (Å²) < 4.78 is 5.78. The van der Waals surface area contributed by atoms with Crippen molar-refractivity contribution in [3.05, 3.63) is 11.1 Å². The molecule has 25 heavy (non-hydrogen) atoms. The lowest BCUT2D eigenvalue weighted by Gasteiger charge is -2.34. The maximum atomic E-state index is 12.4. The molecule has 2 saturated carbocycles. The monoisotopic (exact) mass is 363 g/mol. The zero-order chi connectivity index (χ0) is 17.4. The van der Waals surface area contributed by atoms with Gasteiger partial charge in [0.1, 0.15) is 0 Å². The van der Waals surface area contributed by atoms with Crippen LogP contribution < -0.4 is 5.32 Å². The molecule has 2 heterocycles. The van der Waals surface area contributed by atoms with Crippen LogP contribution >= 0.6 is 11.3 Å². The first-order valence-corrected chi connectivity index (χ1v) is 10.5. The fraction of sp³-hybridized carbons (Fsp3) is 0.789. The van der Waals surface area contributed by atoms with Gasteiger partial charge in [-0.05, 0) is 50.9 Å². The molecule has 5 nitrogen and oxygen atoms in total. The van der Waals surface area contributed by atoms with Crippen molar-refractivity contribution in [3.8, 4) is 0 Å². The number of rotatable bonds is 5. The van der Waals surface area contributed by atoms with Gasteiger partial charge in [0.05, 0.1) is 17.9 Å². The Labute approximate surface area is 154 Å². The molecule has 4 rings (SSSR count). The van der Waals surface area contributed by atoms with E-state index in [1.807, 2.05) is 0 Å². The maximum absolute atomic E-state index is 12.4. The van der Waals surface area contributed by atoms with Gasteiger partial charge < -0.3 is 10.1 Å². The third-order valence-electron chi connectivity index (χ3n) is 6.01. The zero-order valence-electron chi connectivity index (χ0n) is 15.2. The van der Waals surface area contributed by atoms with E-state index >= 15 is 0 Å². The van der Waals surface area contributed by atoms with Gasteiger partial charge >= 0.3 is 0 Å². The van der Waals surface area contributed by atoms with Gasteiger partial charge in [-0.15, -0.1) is 11.3 Å². The van der Waals surface area contributed by atoms with E-state index in [1.165, 1.54) is 25.7 Å². The van der Waals surface area contributed by atoms with Gasteiger partial charge in [-0.25, -0.2) is 4.98 Å². The fourth-order valence-electron chi connectivity index (χ4n) is 5.11. The van der Waals surface area contributed by atoms with Crippen LogP contribution in [0.2, 0.25) is 0 Å². The fourth-order valence-corrected chi connectivity index (χ4v) is 5.83. The van der Waals surface area contributed by atoms with Crippen LogP contribution in [-0.4, -0.2) is 41.1 Å². The minimum Gasteiger partial charge on any atom is -0.373 e. The molecule has 3 aliphatic rings. The molecule has 3 fully saturated rings. The summed E-state index contributed by atoms with van der Waals surface area (Å²) in [6.45, 7) is 6.94. The van der Waals surface area contributed by atoms with Crippen LogP contribution in [0.25, 0.3) is 0 Å². The number of hydrogen-bond acceptors (Lipinski definition) is 5. The number of nitrogens with zero attached hydrogens (tertiary/aromatic N) is 2. The van der Waals surface area contributed by atoms with E-state index in [4.69, 9.17) is 4.74 Å². The molecule has 6 heteroatoms. The highest BCUT2D eigenvalue weighted by molar-refractivity contribution is 7.13. The largest absolute Gasteiger partial charge is 0.373 e. The Morgan fingerprint density at radius 3 is 2.80 bits per heavy atom. The lowest BCUT2D eigenvalue weighted by atomic mass is 9.86. The average Bonchev–Trinajstić information content (AvgIpc) is 3.23. The zero-order valence-corrected chi connectivity index (χ0v) is 16.1. The lowest BCUT2D eigenvalue weighted by Crippen LogP contribution is -2.44. The first-order chi connectivity index (χ1) is 12.0. The third-order valence-corrected chi connectivity index (χ3v) is 6.82. The minimum absolute atomic E-state index is 0.145. The average molecular weight is 364 g/mol. The van der Waals surface area contributed by atoms with Gasteiger partial charge in [-0.2, -0.15) is 0 Å². The van der Waals surface area contributed by atoms with Gasteiger partial charge in [-0.3, -0.25) is 9.69 Å². The molecule has 0 aromatic carbocycles. The van der Waals surface area contributed by atoms with Crippen molar-refractivity contribution in [2.75, 3.05) is 18.4 Å². The van der Waals surface area contributed by atoms with Crippen LogP contribution in [0.1, 0.15) is 51.6 Å². The van der Waals surface area contributed by atoms with E-state index < -0.39 is 0 Å². The van der Waals surface area contributed by atoms with Gasteiger partial charge in [0.2, 0.25) is 5.91 Å². The van der Waals surface area contributed by atoms with Crippen molar-refractivity contribution < 1.29 is 9.53 Å². The molecule has 1 aromatic heterocycles. The minimum atomic E-state index is 0.145. The lowest BCUT2D eigenvalue weighted by molar-refractivity contribution is -0.117. The maximum Gasteiger partial charge on any atom is 0.226 e. The summed E-state index contributed by atoms with van der Waals surface area (Å²) in [6, 6.07) is 0. The number of anilines is 1. The SMILES string of the molecule is C[C@@H]1CN(Cc2csc(NC(=O)C[C@H]3C[C@H]4CC[C@H]3C4)n2)C[C@H](C)O1. The Morgan fingerprint density at radius 1 is 1.32 bits per heavy atom. The van der Waals surface area contributed by atoms with Gasteiger partial charge in [0.25, 0.3) is 0 Å². The molecule has 1 saturated heterocycles. The number of aromatic nitrogens is 1. The van der Waals surface area contributed by atoms with Crippen molar-refractivity contribution in [2.24, 2.45) is 17.8 Å². The number of ether oxygens (including phenoxy) is 1. The Bertz CT molecular complexity index is 610. The first-order valence-electron chi connectivity index (χ1n) is 9.67. The molecule has 0 radical (unpaired) electrons. The second-order valence-corrected chi connectivity index (χ2v) is 9.14. The van der Waals surface area contributed by atoms with Crippen LogP contribution in [0.15, 0.2) is 5.38 Å². The summed E-state index contributed by atoms with van der Waals surface area (Å²) >= 11 is 1.54. The highest BCUT2D eigenvalue weighted by Gasteiger charge is 2.40. The Morgan fingerprint density at radius 2 is 2.12 bits per heavy atom. The number of carbonyl (C=O) groups excluding carboxylic acids is 1. The number of nitrogens with one attached hydrogen (secondary N) is 1. The van der Waals surface area contributed by atoms with Gasteiger partial charge in [0.15, 0.2) is 5.13 Å². The van der Waals surface area contributed by atoms with Crippen LogP contribution in [0.3, 0.4) is 0 Å². The van der Waals surface area contributed by atoms with E-state index in [1.54, 1.807) is 11.3 Å². The second-order valence-electron chi connectivity index (χ2n) is 8.28. The Balaban J connectivity index is 1.27. The van der Waals surface area contributed by atoms with Crippen LogP contribution in [0.5, 0.6) is 0 Å². The van der Waals surface area contributed by atoms with Crippen molar-refractivity contribution in [3.63, 3.8) is 0 Å². The molecule has 2 bridgehead atoms. The van der Waals surface area contributed by atoms with E-state index in [9.17, 15) is 4.79 Å². The Kier molecular flexibility index (Phi) is 5.11. The van der Waals surface area contributed by atoms with Crippen molar-refractivity contribution >= 4 is 22.4 Å². The number of hydrogen-bond donors (Lipinski definition) is 1. The summed E-state index contributed by atoms with van der Waals surface area (Å²) in [5.41, 5.74) is 1.04. The quantitative estimate of drug-likeness (QED) is 0.870. The van der Waals surface area contributed by atoms with Crippen molar-refractivity contribution in [1.29, 1.82) is 0 Å². The number of morpholine rings is 1. The standard InChI is InChI=1S/C19H29N3O2S/c1-12-8-22(9-13(2)24-12)10-17-11-25-19(20-17)21-18(23)7-16-6-14-3-4-15(16)5-14/h11-16H,3-10H2,1-2H3,(H,20,21,23)/t12-,13+,14-,15-,16+/m0/s1. The van der Waals surface area contributed by atoms with E-state index in [2.05, 4.69) is 34.4 Å². The van der Waals surface area contributed by atoms with Crippen molar-refractivity contribution in [1.82, 2.24) is 9.88 Å². The number of thiazole rings is 1. The molecule has 1 amide bonds. The predicted octanol–water partition coefficient (Wildman–Crippen LogP) is 3.52.